The van der Waals surface area contributed by atoms with E-state index in [1.807, 2.05) is 12.1 Å². The lowest BCUT2D eigenvalue weighted by molar-refractivity contribution is 0.248. The van der Waals surface area contributed by atoms with Gasteiger partial charge in [-0.05, 0) is 43.7 Å². The molecule has 1 unspecified atom stereocenters. The summed E-state index contributed by atoms with van der Waals surface area (Å²) in [4.78, 5) is 2.37. The number of likely N-dealkylation sites (N-methyl/N-ethyl adjacent to an activating group) is 1. The Kier molecular flexibility index (Phi) is 5.00. The van der Waals surface area contributed by atoms with Gasteiger partial charge < -0.3 is 0 Å². The molecule has 2 rings (SSSR count). The summed E-state index contributed by atoms with van der Waals surface area (Å²) in [5, 5.41) is 0.795. The quantitative estimate of drug-likeness (QED) is 0.780. The Labute approximate surface area is 120 Å². The van der Waals surface area contributed by atoms with E-state index < -0.39 is 0 Å². The van der Waals surface area contributed by atoms with Crippen LogP contribution in [0.3, 0.4) is 0 Å². The first kappa shape index (κ1) is 14.1. The molecule has 0 bridgehead atoms. The van der Waals surface area contributed by atoms with Crippen molar-refractivity contribution in [2.75, 3.05) is 7.05 Å². The molecule has 0 spiro atoms. The highest BCUT2D eigenvalue weighted by Gasteiger charge is 2.10. The van der Waals surface area contributed by atoms with E-state index in [0.717, 1.165) is 18.0 Å². The number of benzene rings is 2. The monoisotopic (exact) mass is 273 g/mol. The zero-order valence-corrected chi connectivity index (χ0v) is 12.3. The summed E-state index contributed by atoms with van der Waals surface area (Å²) in [5.74, 6) is 0. The molecule has 19 heavy (non-hydrogen) atoms. The lowest BCUT2D eigenvalue weighted by Gasteiger charge is -2.25. The third-order valence-electron chi connectivity index (χ3n) is 3.47. The van der Waals surface area contributed by atoms with Crippen LogP contribution in [0, 0.1) is 0 Å². The Hall–Kier alpha value is -1.31. The molecule has 1 nitrogen and oxygen atoms in total. The van der Waals surface area contributed by atoms with Crippen molar-refractivity contribution in [1.29, 1.82) is 0 Å². The van der Waals surface area contributed by atoms with Crippen molar-refractivity contribution in [3.05, 3.63) is 70.7 Å². The number of hydrogen-bond donors (Lipinski definition) is 0. The first-order chi connectivity index (χ1) is 9.15. The Morgan fingerprint density at radius 3 is 2.21 bits per heavy atom. The Morgan fingerprint density at radius 1 is 0.947 bits per heavy atom. The van der Waals surface area contributed by atoms with Crippen LogP contribution in [-0.2, 0) is 13.0 Å². The lowest BCUT2D eigenvalue weighted by atomic mass is 10.1. The molecule has 0 fully saturated rings. The minimum atomic E-state index is 0.512. The molecule has 0 aliphatic heterocycles. The van der Waals surface area contributed by atoms with Gasteiger partial charge in [-0.15, -0.1) is 0 Å². The fourth-order valence-electron chi connectivity index (χ4n) is 2.14. The van der Waals surface area contributed by atoms with Gasteiger partial charge in [0.15, 0.2) is 0 Å². The zero-order valence-electron chi connectivity index (χ0n) is 11.5. The highest BCUT2D eigenvalue weighted by molar-refractivity contribution is 6.30. The van der Waals surface area contributed by atoms with Gasteiger partial charge in [0.25, 0.3) is 0 Å². The molecule has 2 aromatic carbocycles. The average molecular weight is 274 g/mol. The molecule has 0 amide bonds. The van der Waals surface area contributed by atoms with Crippen molar-refractivity contribution in [3.8, 4) is 0 Å². The SMILES string of the molecule is CC(Cc1ccccc1)N(C)Cc1ccc(Cl)cc1. The fourth-order valence-corrected chi connectivity index (χ4v) is 2.27. The molecule has 1 atom stereocenters. The van der Waals surface area contributed by atoms with Crippen molar-refractivity contribution in [3.63, 3.8) is 0 Å². The molecule has 2 aromatic rings. The van der Waals surface area contributed by atoms with Gasteiger partial charge in [0.05, 0.1) is 0 Å². The maximum Gasteiger partial charge on any atom is 0.0406 e. The zero-order chi connectivity index (χ0) is 13.7. The van der Waals surface area contributed by atoms with Gasteiger partial charge in [0, 0.05) is 17.6 Å². The maximum absolute atomic E-state index is 5.90. The second kappa shape index (κ2) is 6.74. The molecule has 0 saturated heterocycles. The third kappa shape index (κ3) is 4.38. The van der Waals surface area contributed by atoms with Crippen molar-refractivity contribution >= 4 is 11.6 Å². The van der Waals surface area contributed by atoms with Gasteiger partial charge in [-0.25, -0.2) is 0 Å². The highest BCUT2D eigenvalue weighted by Crippen LogP contribution is 2.13. The van der Waals surface area contributed by atoms with E-state index >= 15 is 0 Å². The Morgan fingerprint density at radius 2 is 1.58 bits per heavy atom. The van der Waals surface area contributed by atoms with Gasteiger partial charge in [0.2, 0.25) is 0 Å². The Balaban J connectivity index is 1.92. The van der Waals surface area contributed by atoms with E-state index in [4.69, 9.17) is 11.6 Å². The molecule has 0 radical (unpaired) electrons. The van der Waals surface area contributed by atoms with Gasteiger partial charge in [-0.2, -0.15) is 0 Å². The van der Waals surface area contributed by atoms with Gasteiger partial charge >= 0.3 is 0 Å². The minimum absolute atomic E-state index is 0.512. The molecular weight excluding hydrogens is 254 g/mol. The van der Waals surface area contributed by atoms with Crippen molar-refractivity contribution in [1.82, 2.24) is 4.90 Å². The van der Waals surface area contributed by atoms with E-state index in [-0.39, 0.29) is 0 Å². The number of nitrogens with zero attached hydrogens (tertiary/aromatic N) is 1. The largest absolute Gasteiger partial charge is 0.299 e. The number of hydrogen-bond acceptors (Lipinski definition) is 1. The first-order valence-electron chi connectivity index (χ1n) is 6.64. The van der Waals surface area contributed by atoms with Crippen molar-refractivity contribution in [2.45, 2.75) is 25.9 Å². The van der Waals surface area contributed by atoms with E-state index in [1.54, 1.807) is 0 Å². The van der Waals surface area contributed by atoms with Crippen LogP contribution in [0.15, 0.2) is 54.6 Å². The van der Waals surface area contributed by atoms with Crippen LogP contribution >= 0.6 is 11.6 Å². The van der Waals surface area contributed by atoms with Crippen molar-refractivity contribution < 1.29 is 0 Å². The molecule has 0 saturated carbocycles. The van der Waals surface area contributed by atoms with Gasteiger partial charge in [-0.3, -0.25) is 4.90 Å². The summed E-state index contributed by atoms with van der Waals surface area (Å²) in [7, 11) is 2.17. The number of rotatable bonds is 5. The smallest absolute Gasteiger partial charge is 0.0406 e. The van der Waals surface area contributed by atoms with E-state index in [1.165, 1.54) is 11.1 Å². The van der Waals surface area contributed by atoms with Gasteiger partial charge in [-0.1, -0.05) is 54.1 Å². The Bertz CT molecular complexity index is 492. The average Bonchev–Trinajstić information content (AvgIpc) is 2.42. The van der Waals surface area contributed by atoms with E-state index in [9.17, 15) is 0 Å². The lowest BCUT2D eigenvalue weighted by Crippen LogP contribution is -2.30. The molecule has 0 aliphatic rings. The van der Waals surface area contributed by atoms with Crippen LogP contribution in [-0.4, -0.2) is 18.0 Å². The normalized spacial score (nSPS) is 12.6. The fraction of sp³-hybridized carbons (Fsp3) is 0.294. The van der Waals surface area contributed by atoms with E-state index in [2.05, 4.69) is 61.3 Å². The van der Waals surface area contributed by atoms with Crippen LogP contribution < -0.4 is 0 Å². The minimum Gasteiger partial charge on any atom is -0.299 e. The molecule has 0 N–H and O–H groups in total. The molecule has 0 aliphatic carbocycles. The second-order valence-corrected chi connectivity index (χ2v) is 5.52. The summed E-state index contributed by atoms with van der Waals surface area (Å²) in [5.41, 5.74) is 2.68. The third-order valence-corrected chi connectivity index (χ3v) is 3.72. The summed E-state index contributed by atoms with van der Waals surface area (Å²) >= 11 is 5.90. The standard InChI is InChI=1S/C17H20ClN/c1-14(12-15-6-4-3-5-7-15)19(2)13-16-8-10-17(18)11-9-16/h3-11,14H,12-13H2,1-2H3. The van der Waals surface area contributed by atoms with Crippen LogP contribution in [0.2, 0.25) is 5.02 Å². The second-order valence-electron chi connectivity index (χ2n) is 5.08. The topological polar surface area (TPSA) is 3.24 Å². The predicted octanol–water partition coefficient (Wildman–Crippen LogP) is 4.40. The number of halogens is 1. The molecule has 0 heterocycles. The van der Waals surface area contributed by atoms with Crippen molar-refractivity contribution in [2.24, 2.45) is 0 Å². The highest BCUT2D eigenvalue weighted by atomic mass is 35.5. The predicted molar refractivity (Wildman–Crippen MR) is 82.5 cm³/mol. The maximum atomic E-state index is 5.90. The first-order valence-corrected chi connectivity index (χ1v) is 7.01. The van der Waals surface area contributed by atoms with Crippen LogP contribution in [0.1, 0.15) is 18.1 Å². The molecular formula is C17H20ClN. The molecule has 2 heteroatoms. The molecule has 0 aromatic heterocycles. The summed E-state index contributed by atoms with van der Waals surface area (Å²) in [6.07, 6.45) is 1.07. The van der Waals surface area contributed by atoms with Crippen LogP contribution in [0.5, 0.6) is 0 Å². The van der Waals surface area contributed by atoms with Crippen LogP contribution in [0.4, 0.5) is 0 Å². The summed E-state index contributed by atoms with van der Waals surface area (Å²) in [6, 6.07) is 19.2. The van der Waals surface area contributed by atoms with Crippen LogP contribution in [0.25, 0.3) is 0 Å². The summed E-state index contributed by atoms with van der Waals surface area (Å²) in [6.45, 7) is 3.22. The molecule has 100 valence electrons. The summed E-state index contributed by atoms with van der Waals surface area (Å²) < 4.78 is 0. The van der Waals surface area contributed by atoms with Gasteiger partial charge in [0.1, 0.15) is 0 Å². The van der Waals surface area contributed by atoms with E-state index in [0.29, 0.717) is 6.04 Å².